The van der Waals surface area contributed by atoms with Crippen LogP contribution < -0.4 is 5.32 Å². The van der Waals surface area contributed by atoms with Crippen molar-refractivity contribution in [1.29, 1.82) is 0 Å². The largest absolute Gasteiger partial charge is 0.375 e. The molecule has 3 nitrogen and oxygen atoms in total. The number of morpholine rings is 1. The van der Waals surface area contributed by atoms with Crippen molar-refractivity contribution in [1.82, 2.24) is 10.2 Å². The predicted molar refractivity (Wildman–Crippen MR) is 52.8 cm³/mol. The van der Waals surface area contributed by atoms with Crippen LogP contribution in [0.5, 0.6) is 0 Å². The van der Waals surface area contributed by atoms with Crippen LogP contribution in [0.1, 0.15) is 13.3 Å². The number of nitrogens with one attached hydrogen (secondary N) is 1. The molecule has 2 heterocycles. The molecule has 13 heavy (non-hydrogen) atoms. The minimum atomic E-state index is 0.501. The first-order valence-electron chi connectivity index (χ1n) is 5.45. The van der Waals surface area contributed by atoms with Gasteiger partial charge in [0, 0.05) is 32.1 Å². The summed E-state index contributed by atoms with van der Waals surface area (Å²) in [6.45, 7) is 9.01. The van der Waals surface area contributed by atoms with Gasteiger partial charge in [0.15, 0.2) is 0 Å². The predicted octanol–water partition coefficient (Wildman–Crippen LogP) is 0.317. The average Bonchev–Trinajstić information content (AvgIpc) is 2.02. The van der Waals surface area contributed by atoms with Gasteiger partial charge in [0.05, 0.1) is 12.7 Å². The Morgan fingerprint density at radius 1 is 1.46 bits per heavy atom. The van der Waals surface area contributed by atoms with Crippen molar-refractivity contribution in [3.8, 4) is 0 Å². The van der Waals surface area contributed by atoms with E-state index in [0.717, 1.165) is 38.7 Å². The molecule has 0 aromatic carbocycles. The van der Waals surface area contributed by atoms with Crippen LogP contribution in [-0.2, 0) is 4.74 Å². The third kappa shape index (κ3) is 2.22. The van der Waals surface area contributed by atoms with Gasteiger partial charge in [-0.1, -0.05) is 6.92 Å². The van der Waals surface area contributed by atoms with Crippen LogP contribution in [0.4, 0.5) is 0 Å². The van der Waals surface area contributed by atoms with Crippen LogP contribution in [0.25, 0.3) is 0 Å². The highest BCUT2D eigenvalue weighted by Gasteiger charge is 2.31. The Bertz CT molecular complexity index is 157. The lowest BCUT2D eigenvalue weighted by Crippen LogP contribution is -2.55. The molecule has 1 atom stereocenters. The second-order valence-electron chi connectivity index (χ2n) is 4.13. The third-order valence-electron chi connectivity index (χ3n) is 3.06. The lowest BCUT2D eigenvalue weighted by molar-refractivity contribution is -0.0678. The quantitative estimate of drug-likeness (QED) is 0.683. The zero-order valence-corrected chi connectivity index (χ0v) is 8.46. The Balaban J connectivity index is 1.77. The van der Waals surface area contributed by atoms with Crippen LogP contribution in [0, 0.1) is 5.92 Å². The third-order valence-corrected chi connectivity index (χ3v) is 3.06. The maximum atomic E-state index is 5.78. The standard InChI is InChI=1S/C10H20N2O/c1-2-3-12-4-5-13-10(8-12)9-6-11-7-9/h9-11H,2-8H2,1H3. The average molecular weight is 184 g/mol. The van der Waals surface area contributed by atoms with E-state index < -0.39 is 0 Å². The number of nitrogens with zero attached hydrogens (tertiary/aromatic N) is 1. The van der Waals surface area contributed by atoms with Gasteiger partial charge >= 0.3 is 0 Å². The molecule has 0 aromatic rings. The molecule has 0 spiro atoms. The Hall–Kier alpha value is -0.120. The summed E-state index contributed by atoms with van der Waals surface area (Å²) in [6, 6.07) is 0. The minimum Gasteiger partial charge on any atom is -0.375 e. The van der Waals surface area contributed by atoms with Gasteiger partial charge in [0.2, 0.25) is 0 Å². The van der Waals surface area contributed by atoms with E-state index in [0.29, 0.717) is 6.10 Å². The van der Waals surface area contributed by atoms with Gasteiger partial charge in [0.25, 0.3) is 0 Å². The maximum Gasteiger partial charge on any atom is 0.0755 e. The van der Waals surface area contributed by atoms with Gasteiger partial charge in [-0.25, -0.2) is 0 Å². The molecule has 0 aromatic heterocycles. The van der Waals surface area contributed by atoms with Crippen molar-refractivity contribution < 1.29 is 4.74 Å². The molecular formula is C10H20N2O. The molecule has 2 aliphatic rings. The van der Waals surface area contributed by atoms with Crippen molar-refractivity contribution in [2.75, 3.05) is 39.3 Å². The highest BCUT2D eigenvalue weighted by molar-refractivity contribution is 4.86. The number of ether oxygens (including phenoxy) is 1. The Morgan fingerprint density at radius 2 is 2.31 bits per heavy atom. The second kappa shape index (κ2) is 4.40. The van der Waals surface area contributed by atoms with E-state index >= 15 is 0 Å². The molecule has 2 rings (SSSR count). The fraction of sp³-hybridized carbons (Fsp3) is 1.00. The molecule has 2 fully saturated rings. The van der Waals surface area contributed by atoms with E-state index in [4.69, 9.17) is 4.74 Å². The van der Waals surface area contributed by atoms with E-state index in [-0.39, 0.29) is 0 Å². The summed E-state index contributed by atoms with van der Waals surface area (Å²) in [7, 11) is 0. The van der Waals surface area contributed by atoms with Crippen LogP contribution >= 0.6 is 0 Å². The molecule has 2 saturated heterocycles. The summed E-state index contributed by atoms with van der Waals surface area (Å²) < 4.78 is 5.78. The summed E-state index contributed by atoms with van der Waals surface area (Å²) in [6.07, 6.45) is 1.76. The molecular weight excluding hydrogens is 164 g/mol. The highest BCUT2D eigenvalue weighted by Crippen LogP contribution is 2.17. The number of rotatable bonds is 3. The van der Waals surface area contributed by atoms with Gasteiger partial charge in [-0.15, -0.1) is 0 Å². The molecule has 0 radical (unpaired) electrons. The first-order valence-corrected chi connectivity index (χ1v) is 5.45. The number of hydrogen-bond donors (Lipinski definition) is 1. The zero-order chi connectivity index (χ0) is 9.10. The van der Waals surface area contributed by atoms with E-state index in [9.17, 15) is 0 Å². The second-order valence-corrected chi connectivity index (χ2v) is 4.13. The van der Waals surface area contributed by atoms with Gasteiger partial charge < -0.3 is 10.1 Å². The topological polar surface area (TPSA) is 24.5 Å². The summed E-state index contributed by atoms with van der Waals surface area (Å²) in [5, 5.41) is 3.31. The van der Waals surface area contributed by atoms with Crippen LogP contribution in [0.3, 0.4) is 0 Å². The summed E-state index contributed by atoms with van der Waals surface area (Å²) in [5.74, 6) is 0.777. The Labute approximate surface area is 80.4 Å². The SMILES string of the molecule is CCCN1CCOC(C2CNC2)C1. The van der Waals surface area contributed by atoms with Crippen molar-refractivity contribution in [3.63, 3.8) is 0 Å². The fourth-order valence-corrected chi connectivity index (χ4v) is 2.11. The highest BCUT2D eigenvalue weighted by atomic mass is 16.5. The zero-order valence-electron chi connectivity index (χ0n) is 8.46. The molecule has 0 bridgehead atoms. The fourth-order valence-electron chi connectivity index (χ4n) is 2.11. The number of hydrogen-bond acceptors (Lipinski definition) is 3. The first-order chi connectivity index (χ1) is 6.40. The van der Waals surface area contributed by atoms with E-state index in [2.05, 4.69) is 17.1 Å². The van der Waals surface area contributed by atoms with E-state index in [1.54, 1.807) is 0 Å². The van der Waals surface area contributed by atoms with E-state index in [1.807, 2.05) is 0 Å². The Kier molecular flexibility index (Phi) is 3.19. The van der Waals surface area contributed by atoms with Crippen molar-refractivity contribution in [2.45, 2.75) is 19.4 Å². The molecule has 76 valence electrons. The molecule has 1 unspecified atom stereocenters. The molecule has 0 amide bonds. The van der Waals surface area contributed by atoms with Crippen LogP contribution in [0.15, 0.2) is 0 Å². The lowest BCUT2D eigenvalue weighted by atomic mass is 9.95. The van der Waals surface area contributed by atoms with Gasteiger partial charge in [0.1, 0.15) is 0 Å². The molecule has 1 N–H and O–H groups in total. The Morgan fingerprint density at radius 3 is 2.92 bits per heavy atom. The molecule has 2 aliphatic heterocycles. The van der Waals surface area contributed by atoms with Gasteiger partial charge in [-0.3, -0.25) is 4.90 Å². The minimum absolute atomic E-state index is 0.501. The van der Waals surface area contributed by atoms with Crippen molar-refractivity contribution in [3.05, 3.63) is 0 Å². The first kappa shape index (κ1) is 9.44. The molecule has 0 saturated carbocycles. The molecule has 3 heteroatoms. The van der Waals surface area contributed by atoms with Crippen LogP contribution in [-0.4, -0.2) is 50.3 Å². The molecule has 0 aliphatic carbocycles. The lowest BCUT2D eigenvalue weighted by Gasteiger charge is -2.40. The summed E-state index contributed by atoms with van der Waals surface area (Å²) in [4.78, 5) is 2.53. The van der Waals surface area contributed by atoms with E-state index in [1.165, 1.54) is 13.0 Å². The smallest absolute Gasteiger partial charge is 0.0755 e. The maximum absolute atomic E-state index is 5.78. The summed E-state index contributed by atoms with van der Waals surface area (Å²) >= 11 is 0. The van der Waals surface area contributed by atoms with Crippen molar-refractivity contribution >= 4 is 0 Å². The van der Waals surface area contributed by atoms with Crippen LogP contribution in [0.2, 0.25) is 0 Å². The normalized spacial score (nSPS) is 31.6. The van der Waals surface area contributed by atoms with Crippen molar-refractivity contribution in [2.24, 2.45) is 5.92 Å². The summed E-state index contributed by atoms with van der Waals surface area (Å²) in [5.41, 5.74) is 0. The monoisotopic (exact) mass is 184 g/mol. The van der Waals surface area contributed by atoms with Gasteiger partial charge in [-0.05, 0) is 13.0 Å². The van der Waals surface area contributed by atoms with Gasteiger partial charge in [-0.2, -0.15) is 0 Å².